The average molecular weight is 789 g/mol. The first-order valence-electron chi connectivity index (χ1n) is 18.0. The molecule has 0 bridgehead atoms. The van der Waals surface area contributed by atoms with Crippen LogP contribution in [-0.4, -0.2) is 113 Å². The number of rotatable bonds is 16. The Morgan fingerprint density at radius 3 is 2.24 bits per heavy atom. The van der Waals surface area contributed by atoms with Gasteiger partial charge in [-0.3, -0.25) is 14.4 Å². The lowest BCUT2D eigenvalue weighted by atomic mass is 10.0. The number of alkyl carbamates (subject to hydrolysis) is 1. The van der Waals surface area contributed by atoms with E-state index in [9.17, 15) is 45.2 Å². The summed E-state index contributed by atoms with van der Waals surface area (Å²) in [7, 11) is -3.86. The van der Waals surface area contributed by atoms with Gasteiger partial charge in [-0.1, -0.05) is 47.0 Å². The van der Waals surface area contributed by atoms with Gasteiger partial charge >= 0.3 is 6.09 Å². The summed E-state index contributed by atoms with van der Waals surface area (Å²) in [5.74, 6) is -5.48. The molecule has 0 radical (unpaired) electrons. The largest absolute Gasteiger partial charge is 0.449 e. The molecule has 4 amide bonds. The third-order valence-corrected chi connectivity index (χ3v) is 12.2. The van der Waals surface area contributed by atoms with Crippen molar-refractivity contribution in [3.63, 3.8) is 0 Å². The zero-order chi connectivity index (χ0) is 39.7. The first-order valence-corrected chi connectivity index (χ1v) is 19.6. The minimum absolute atomic E-state index is 0.000944. The van der Waals surface area contributed by atoms with Crippen LogP contribution >= 0.6 is 0 Å². The van der Waals surface area contributed by atoms with Crippen LogP contribution in [0.15, 0.2) is 12.1 Å². The summed E-state index contributed by atoms with van der Waals surface area (Å²) in [5, 5.41) is 18.1. The van der Waals surface area contributed by atoms with Crippen molar-refractivity contribution in [2.24, 2.45) is 11.8 Å². The molecule has 1 aromatic heterocycles. The summed E-state index contributed by atoms with van der Waals surface area (Å²) in [6.07, 6.45) is -2.73. The zero-order valence-electron chi connectivity index (χ0n) is 30.6. The van der Waals surface area contributed by atoms with Gasteiger partial charge in [0.15, 0.2) is 9.84 Å². The van der Waals surface area contributed by atoms with Crippen molar-refractivity contribution in [2.75, 3.05) is 19.7 Å². The van der Waals surface area contributed by atoms with Crippen molar-refractivity contribution < 1.29 is 49.9 Å². The minimum atomic E-state index is -3.86. The van der Waals surface area contributed by atoms with Gasteiger partial charge in [0.05, 0.1) is 17.1 Å². The Labute approximate surface area is 311 Å². The molecule has 4 rings (SSSR count). The molecule has 0 spiro atoms. The SMILES string of the molecule is CC(C)COC(=O)N[C@H](C(=O)N1C[C@H](S(=O)(=O)C2CCCCC2)C[C@H]1C(=O)N[C@@H](CC(F)F)C(=O)NCCc1c(F)cc(-c2nn[nH]n2)cc1F)C(C)C. The summed E-state index contributed by atoms with van der Waals surface area (Å²) in [5.41, 5.74) is -0.412. The van der Waals surface area contributed by atoms with Crippen LogP contribution in [0.1, 0.15) is 78.2 Å². The number of hydrogen-bond acceptors (Lipinski definition) is 10. The van der Waals surface area contributed by atoms with E-state index in [0.717, 1.165) is 23.5 Å². The number of H-pyrrole nitrogens is 1. The predicted molar refractivity (Wildman–Crippen MR) is 186 cm³/mol. The van der Waals surface area contributed by atoms with Gasteiger partial charge in [0.2, 0.25) is 30.0 Å². The second-order valence-corrected chi connectivity index (χ2v) is 17.0. The number of nitrogens with zero attached hydrogens (tertiary/aromatic N) is 4. The molecule has 2 aromatic rings. The predicted octanol–water partition coefficient (Wildman–Crippen LogP) is 3.07. The molecule has 1 saturated heterocycles. The molecule has 300 valence electrons. The van der Waals surface area contributed by atoms with Crippen molar-refractivity contribution in [3.8, 4) is 11.4 Å². The van der Waals surface area contributed by atoms with Gasteiger partial charge in [-0.25, -0.2) is 30.8 Å². The van der Waals surface area contributed by atoms with Gasteiger partial charge in [0, 0.05) is 30.6 Å². The minimum Gasteiger partial charge on any atom is -0.449 e. The number of carbonyl (C=O) groups excluding carboxylic acids is 4. The molecule has 1 aliphatic carbocycles. The van der Waals surface area contributed by atoms with E-state index in [0.29, 0.717) is 25.7 Å². The Kier molecular flexibility index (Phi) is 14.8. The molecule has 20 heteroatoms. The Hall–Kier alpha value is -4.36. The number of aromatic amines is 1. The second kappa shape index (κ2) is 18.8. The van der Waals surface area contributed by atoms with Gasteiger partial charge in [-0.05, 0) is 54.9 Å². The molecule has 15 nitrogen and oxygen atoms in total. The zero-order valence-corrected chi connectivity index (χ0v) is 31.4. The molecule has 54 heavy (non-hydrogen) atoms. The number of hydrogen-bond donors (Lipinski definition) is 4. The van der Waals surface area contributed by atoms with Gasteiger partial charge in [-0.2, -0.15) is 5.21 Å². The Balaban J connectivity index is 1.52. The Morgan fingerprint density at radius 2 is 1.67 bits per heavy atom. The molecule has 1 aromatic carbocycles. The van der Waals surface area contributed by atoms with Crippen LogP contribution < -0.4 is 16.0 Å². The molecular weight excluding hydrogens is 740 g/mol. The highest BCUT2D eigenvalue weighted by atomic mass is 32.2. The molecule has 4 atom stereocenters. The molecule has 1 aliphatic heterocycles. The van der Waals surface area contributed by atoms with E-state index in [2.05, 4.69) is 36.6 Å². The Bertz CT molecular complexity index is 1700. The van der Waals surface area contributed by atoms with Crippen molar-refractivity contribution in [1.29, 1.82) is 0 Å². The third-order valence-electron chi connectivity index (χ3n) is 9.55. The molecular formula is C34H48F4N8O7S. The lowest BCUT2D eigenvalue weighted by Crippen LogP contribution is -2.57. The summed E-state index contributed by atoms with van der Waals surface area (Å²) >= 11 is 0. The maximum absolute atomic E-state index is 14.8. The number of nitrogens with one attached hydrogen (secondary N) is 4. The van der Waals surface area contributed by atoms with Crippen LogP contribution in [-0.2, 0) is 35.4 Å². The van der Waals surface area contributed by atoms with Crippen molar-refractivity contribution in [2.45, 2.75) is 114 Å². The topological polar surface area (TPSA) is 205 Å². The Morgan fingerprint density at radius 1 is 1.00 bits per heavy atom. The van der Waals surface area contributed by atoms with E-state index in [1.165, 1.54) is 0 Å². The highest BCUT2D eigenvalue weighted by Gasteiger charge is 2.49. The number of amides is 4. The smallest absolute Gasteiger partial charge is 0.407 e. The van der Waals surface area contributed by atoms with E-state index < -0.39 is 111 Å². The molecule has 2 fully saturated rings. The lowest BCUT2D eigenvalue weighted by molar-refractivity contribution is -0.141. The number of likely N-dealkylation sites (tertiary alicyclic amines) is 1. The van der Waals surface area contributed by atoms with E-state index in [1.807, 2.05) is 13.8 Å². The van der Waals surface area contributed by atoms with Gasteiger partial charge < -0.3 is 25.6 Å². The molecule has 4 N–H and O–H groups in total. The van der Waals surface area contributed by atoms with Gasteiger partial charge in [0.1, 0.15) is 29.8 Å². The van der Waals surface area contributed by atoms with Crippen LogP contribution in [0.3, 0.4) is 0 Å². The molecule has 1 saturated carbocycles. The number of sulfone groups is 1. The summed E-state index contributed by atoms with van der Waals surface area (Å²) in [6, 6.07) is -2.66. The quantitative estimate of drug-likeness (QED) is 0.183. The van der Waals surface area contributed by atoms with Crippen molar-refractivity contribution >= 4 is 33.7 Å². The van der Waals surface area contributed by atoms with Gasteiger partial charge in [-0.15, -0.1) is 10.2 Å². The number of halogens is 4. The highest BCUT2D eigenvalue weighted by Crippen LogP contribution is 2.33. The monoisotopic (exact) mass is 788 g/mol. The third kappa shape index (κ3) is 10.9. The number of alkyl halides is 2. The first kappa shape index (κ1) is 42.4. The van der Waals surface area contributed by atoms with E-state index in [1.54, 1.807) is 13.8 Å². The van der Waals surface area contributed by atoms with Crippen molar-refractivity contribution in [1.82, 2.24) is 41.5 Å². The van der Waals surface area contributed by atoms with E-state index in [-0.39, 0.29) is 36.8 Å². The number of carbonyl (C=O) groups is 4. The highest BCUT2D eigenvalue weighted by molar-refractivity contribution is 7.92. The number of benzene rings is 1. The molecule has 2 aliphatic rings. The number of aromatic nitrogens is 4. The van der Waals surface area contributed by atoms with Crippen molar-refractivity contribution in [3.05, 3.63) is 29.3 Å². The van der Waals surface area contributed by atoms with Crippen LogP contribution in [0.25, 0.3) is 11.4 Å². The number of ether oxygens (including phenoxy) is 1. The second-order valence-electron chi connectivity index (χ2n) is 14.5. The maximum Gasteiger partial charge on any atom is 0.407 e. The summed E-state index contributed by atoms with van der Waals surface area (Å²) in [6.45, 7) is 6.17. The standard InChI is InChI=1S/C34H48F4N8O7S/c1-18(2)17-53-34(50)41-29(19(3)4)33(49)46-16-22(54(51,52)21-8-6-5-7-9-21)14-27(46)32(48)40-26(15-28(37)38)31(47)39-11-10-23-24(35)12-20(13-25(23)36)30-42-44-45-43-30/h12-13,18-19,21-22,26-29H,5-11,14-17H2,1-4H3,(H,39,47)(H,40,48)(H,41,50)(H,42,43,44,45)/t22-,26+,27+,29+/m1/s1. The fourth-order valence-electron chi connectivity index (χ4n) is 6.66. The van der Waals surface area contributed by atoms with E-state index in [4.69, 9.17) is 4.74 Å². The summed E-state index contributed by atoms with van der Waals surface area (Å²) < 4.78 is 89.8. The van der Waals surface area contributed by atoms with Crippen LogP contribution in [0.2, 0.25) is 0 Å². The average Bonchev–Trinajstić information content (AvgIpc) is 3.82. The van der Waals surface area contributed by atoms with Crippen LogP contribution in [0, 0.1) is 23.5 Å². The fraction of sp³-hybridized carbons (Fsp3) is 0.676. The molecule has 0 unspecified atom stereocenters. The normalized spacial score (nSPS) is 19.2. The van der Waals surface area contributed by atoms with Crippen LogP contribution in [0.4, 0.5) is 22.4 Å². The summed E-state index contributed by atoms with van der Waals surface area (Å²) in [4.78, 5) is 54.7. The molecule has 2 heterocycles. The van der Waals surface area contributed by atoms with Gasteiger partial charge in [0.25, 0.3) is 0 Å². The van der Waals surface area contributed by atoms with Crippen LogP contribution in [0.5, 0.6) is 0 Å². The lowest BCUT2D eigenvalue weighted by Gasteiger charge is -2.31. The maximum atomic E-state index is 14.8. The number of tetrazole rings is 1. The fourth-order valence-corrected chi connectivity index (χ4v) is 9.02. The van der Waals surface area contributed by atoms with E-state index >= 15 is 0 Å². The first-order chi connectivity index (χ1) is 25.5.